The number of nitrogens with zero attached hydrogens (tertiary/aromatic N) is 3. The van der Waals surface area contributed by atoms with Crippen LogP contribution in [0.1, 0.15) is 36.7 Å². The molecule has 11 nitrogen and oxygen atoms in total. The number of carbonyl (C=O) groups is 2. The molecule has 46 heavy (non-hydrogen) atoms. The zero-order valence-corrected chi connectivity index (χ0v) is 27.2. The van der Waals surface area contributed by atoms with Crippen LogP contribution in [0.15, 0.2) is 64.4 Å². The van der Waals surface area contributed by atoms with Crippen LogP contribution < -0.4 is 10.6 Å². The van der Waals surface area contributed by atoms with Crippen LogP contribution in [0.5, 0.6) is 0 Å². The summed E-state index contributed by atoms with van der Waals surface area (Å²) in [5, 5.41) is 10.3. The molecule has 0 spiro atoms. The van der Waals surface area contributed by atoms with Gasteiger partial charge in [0.25, 0.3) is 5.91 Å². The van der Waals surface area contributed by atoms with E-state index < -0.39 is 38.4 Å². The van der Waals surface area contributed by atoms with Gasteiger partial charge in [-0.15, -0.1) is 5.10 Å². The molecule has 1 aromatic heterocycles. The highest BCUT2D eigenvalue weighted by atomic mass is 32.2. The number of sulfone groups is 1. The molecule has 0 radical (unpaired) electrons. The summed E-state index contributed by atoms with van der Waals surface area (Å²) in [6.45, 7) is 6.01. The van der Waals surface area contributed by atoms with Crippen LogP contribution in [-0.2, 0) is 25.7 Å². The van der Waals surface area contributed by atoms with E-state index in [9.17, 15) is 26.8 Å². The van der Waals surface area contributed by atoms with Gasteiger partial charge in [-0.1, -0.05) is 6.07 Å². The normalized spacial score (nSPS) is 13.1. The van der Waals surface area contributed by atoms with E-state index >= 15 is 0 Å². The van der Waals surface area contributed by atoms with Crippen LogP contribution in [0.3, 0.4) is 0 Å². The third-order valence-corrected chi connectivity index (χ3v) is 9.07. The van der Waals surface area contributed by atoms with Gasteiger partial charge >= 0.3 is 6.09 Å². The Hall–Kier alpha value is -4.40. The molecule has 1 heterocycles. The smallest absolute Gasteiger partial charge is 0.435 e. The maximum Gasteiger partial charge on any atom is 0.435 e. The first-order chi connectivity index (χ1) is 21.7. The summed E-state index contributed by atoms with van der Waals surface area (Å²) in [4.78, 5) is 27.7. The van der Waals surface area contributed by atoms with Crippen molar-refractivity contribution in [3.05, 3.63) is 77.4 Å². The summed E-state index contributed by atoms with van der Waals surface area (Å²) in [6, 6.07) is 11.1. The number of benzene rings is 3. The van der Waals surface area contributed by atoms with E-state index in [-0.39, 0.29) is 45.9 Å². The number of nitrogens with one attached hydrogen (secondary N) is 2. The van der Waals surface area contributed by atoms with Crippen LogP contribution in [0.25, 0.3) is 10.9 Å². The number of likely N-dealkylation sites (N-methyl/N-ethyl adjacent to an activating group) is 1. The molecule has 0 bridgehead atoms. The number of aromatic nitrogens is 2. The van der Waals surface area contributed by atoms with Gasteiger partial charge in [0, 0.05) is 36.3 Å². The highest BCUT2D eigenvalue weighted by Gasteiger charge is 2.25. The van der Waals surface area contributed by atoms with Crippen molar-refractivity contribution in [3.63, 3.8) is 0 Å². The largest absolute Gasteiger partial charge is 0.448 e. The van der Waals surface area contributed by atoms with Gasteiger partial charge in [0.2, 0.25) is 9.84 Å². The Morgan fingerprint density at radius 2 is 1.70 bits per heavy atom. The summed E-state index contributed by atoms with van der Waals surface area (Å²) in [5.74, 6) is -2.84. The number of halogens is 2. The average molecular weight is 658 g/mol. The second-order valence-corrected chi connectivity index (χ2v) is 13.0. The lowest BCUT2D eigenvalue weighted by atomic mass is 10.0. The van der Waals surface area contributed by atoms with Gasteiger partial charge in [0.15, 0.2) is 5.82 Å². The molecule has 2 N–H and O–H groups in total. The number of anilines is 2. The maximum atomic E-state index is 13.9. The summed E-state index contributed by atoms with van der Waals surface area (Å²) in [6.07, 6.45) is -0.130. The van der Waals surface area contributed by atoms with E-state index in [4.69, 9.17) is 9.47 Å². The maximum absolute atomic E-state index is 13.9. The molecule has 0 saturated carbocycles. The van der Waals surface area contributed by atoms with Crippen molar-refractivity contribution < 1.29 is 36.3 Å². The molecule has 14 heteroatoms. The first-order valence-corrected chi connectivity index (χ1v) is 16.0. The molecule has 0 saturated heterocycles. The first kappa shape index (κ1) is 34.5. The molecule has 4 aromatic rings. The first-order valence-electron chi connectivity index (χ1n) is 14.5. The van der Waals surface area contributed by atoms with Crippen LogP contribution >= 0.6 is 0 Å². The lowest BCUT2D eigenvalue weighted by Gasteiger charge is -2.22. The Morgan fingerprint density at radius 3 is 2.33 bits per heavy atom. The second-order valence-electron chi connectivity index (χ2n) is 11.1. The van der Waals surface area contributed by atoms with Gasteiger partial charge in [-0.25, -0.2) is 22.0 Å². The predicted octanol–water partition coefficient (Wildman–Crippen LogP) is 5.34. The molecule has 246 valence electrons. The van der Waals surface area contributed by atoms with Crippen molar-refractivity contribution in [2.75, 3.05) is 45.1 Å². The number of fused-ring (bicyclic) bond motifs is 1. The zero-order valence-electron chi connectivity index (χ0n) is 26.4. The minimum atomic E-state index is -4.41. The average Bonchev–Trinajstić information content (AvgIpc) is 3.34. The molecule has 4 rings (SSSR count). The quantitative estimate of drug-likeness (QED) is 0.207. The fraction of sp³-hybridized carbons (Fsp3) is 0.344. The highest BCUT2D eigenvalue weighted by Crippen LogP contribution is 2.31. The third kappa shape index (κ3) is 7.69. The molecule has 0 aliphatic rings. The number of methoxy groups -OCH3 is 1. The fourth-order valence-electron chi connectivity index (χ4n) is 4.79. The van der Waals surface area contributed by atoms with Crippen molar-refractivity contribution >= 4 is 44.2 Å². The van der Waals surface area contributed by atoms with Crippen LogP contribution in [0.2, 0.25) is 0 Å². The lowest BCUT2D eigenvalue weighted by molar-refractivity contribution is 0.102. The van der Waals surface area contributed by atoms with Gasteiger partial charge in [0.05, 0.1) is 34.1 Å². The number of hydrogen-bond acceptors (Lipinski definition) is 9. The minimum Gasteiger partial charge on any atom is -0.448 e. The topological polar surface area (TPSA) is 132 Å². The van der Waals surface area contributed by atoms with E-state index in [1.165, 1.54) is 18.2 Å². The van der Waals surface area contributed by atoms with Crippen LogP contribution in [0.4, 0.5) is 25.1 Å². The summed E-state index contributed by atoms with van der Waals surface area (Å²) >= 11 is 0. The summed E-state index contributed by atoms with van der Waals surface area (Å²) < 4.78 is 65.8. The monoisotopic (exact) mass is 657 g/mol. The van der Waals surface area contributed by atoms with E-state index in [1.807, 2.05) is 33.2 Å². The minimum absolute atomic E-state index is 0.0347. The highest BCUT2D eigenvalue weighted by molar-refractivity contribution is 7.91. The number of hydrogen-bond donors (Lipinski definition) is 2. The Balaban J connectivity index is 1.79. The Morgan fingerprint density at radius 1 is 1.00 bits per heavy atom. The number of rotatable bonds is 12. The lowest BCUT2D eigenvalue weighted by Crippen LogP contribution is -2.27. The standard InChI is InChI=1S/C32H37F2N5O6S/c1-7-45-32(41)39-29-11-9-24(46(42,43)25-15-22(33)14-23(34)16-25)17-27(29)30(37-39)36-31(40)26-10-8-21(12-20(3)38(4)5)13-28(26)35-19(2)18-44-6/h8-11,13-17,19-20,35H,7,12,18H2,1-6H3,(H,36,37,40)/t19?,20-/m1/s1. The van der Waals surface area contributed by atoms with Gasteiger partial charge in [0.1, 0.15) is 11.6 Å². The molecular weight excluding hydrogens is 620 g/mol. The van der Waals surface area contributed by atoms with Gasteiger partial charge in [-0.2, -0.15) is 4.68 Å². The van der Waals surface area contributed by atoms with Crippen molar-refractivity contribution in [2.24, 2.45) is 0 Å². The second kappa shape index (κ2) is 14.4. The molecular formula is C32H37F2N5O6S. The van der Waals surface area contributed by atoms with Crippen LogP contribution in [-0.4, -0.2) is 81.6 Å². The predicted molar refractivity (Wildman–Crippen MR) is 170 cm³/mol. The number of ether oxygens (including phenoxy) is 2. The van der Waals surface area contributed by atoms with Crippen LogP contribution in [0, 0.1) is 11.6 Å². The molecule has 0 aliphatic carbocycles. The molecule has 2 atom stereocenters. The molecule has 0 aliphatic heterocycles. The molecule has 0 fully saturated rings. The third-order valence-electron chi connectivity index (χ3n) is 7.34. The van der Waals surface area contributed by atoms with E-state index in [2.05, 4.69) is 27.6 Å². The molecule has 1 amide bonds. The Kier molecular flexibility index (Phi) is 10.8. The van der Waals surface area contributed by atoms with Crippen molar-refractivity contribution in [2.45, 2.75) is 49.1 Å². The summed E-state index contributed by atoms with van der Waals surface area (Å²) in [7, 11) is 1.13. The van der Waals surface area contributed by atoms with Crippen molar-refractivity contribution in [1.29, 1.82) is 0 Å². The molecule has 3 aromatic carbocycles. The zero-order chi connectivity index (χ0) is 33.8. The van der Waals surface area contributed by atoms with Crippen molar-refractivity contribution in [3.8, 4) is 0 Å². The summed E-state index contributed by atoms with van der Waals surface area (Å²) in [5.41, 5.74) is 1.93. The van der Waals surface area contributed by atoms with Crippen molar-refractivity contribution in [1.82, 2.24) is 14.7 Å². The molecule has 1 unspecified atom stereocenters. The van der Waals surface area contributed by atoms with Gasteiger partial charge in [-0.05, 0) is 89.3 Å². The Bertz CT molecular complexity index is 1840. The number of carbonyl (C=O) groups excluding carboxylic acids is 2. The number of amides is 1. The SMILES string of the molecule is CCOC(=O)n1nc(NC(=O)c2ccc(C[C@@H](C)N(C)C)cc2NC(C)COC)c2cc(S(=O)(=O)c3cc(F)cc(F)c3)ccc21. The van der Waals surface area contributed by atoms with Gasteiger partial charge < -0.3 is 25.0 Å². The Labute approximate surface area is 266 Å². The fourth-order valence-corrected chi connectivity index (χ4v) is 6.12. The van der Waals surface area contributed by atoms with E-state index in [0.29, 0.717) is 30.5 Å². The van der Waals surface area contributed by atoms with Gasteiger partial charge in [-0.3, -0.25) is 4.79 Å². The van der Waals surface area contributed by atoms with E-state index in [0.717, 1.165) is 16.7 Å². The van der Waals surface area contributed by atoms with E-state index in [1.54, 1.807) is 20.1 Å².